The van der Waals surface area contributed by atoms with Gasteiger partial charge in [-0.1, -0.05) is 51.0 Å². The van der Waals surface area contributed by atoms with Crippen LogP contribution in [0.1, 0.15) is 5.56 Å². The minimum absolute atomic E-state index is 0.421. The van der Waals surface area contributed by atoms with Gasteiger partial charge in [-0.05, 0) is 51.8 Å². The minimum Gasteiger partial charge on any atom is -0.421 e. The molecule has 4 aromatic rings. The van der Waals surface area contributed by atoms with E-state index in [4.69, 9.17) is 16.0 Å². The third kappa shape index (κ3) is 4.20. The number of benzene rings is 2. The van der Waals surface area contributed by atoms with Gasteiger partial charge >= 0.3 is 5.63 Å². The van der Waals surface area contributed by atoms with Gasteiger partial charge in [0.25, 0.3) is 0 Å². The van der Waals surface area contributed by atoms with Crippen LogP contribution in [0.2, 0.25) is 5.02 Å². The fraction of sp³-hybridized carbons (Fsp3) is 0. The molecule has 2 heterocycles. The second-order valence-electron chi connectivity index (χ2n) is 5.70. The SMILES string of the molecule is O=c1oc2c(Br)cc(Br)cc2cc1-c1cnc(NN=Cc2ccc(Cl)cc2)s1. The number of hydrogen-bond donors (Lipinski definition) is 1. The lowest BCUT2D eigenvalue weighted by atomic mass is 10.2. The molecule has 0 fully saturated rings. The number of nitrogens with one attached hydrogen (secondary N) is 1. The summed E-state index contributed by atoms with van der Waals surface area (Å²) in [6, 6.07) is 12.8. The molecule has 0 amide bonds. The summed E-state index contributed by atoms with van der Waals surface area (Å²) in [4.78, 5) is 17.4. The number of hydrogen-bond acceptors (Lipinski definition) is 6. The normalized spacial score (nSPS) is 11.4. The Kier molecular flexibility index (Phi) is 5.63. The number of fused-ring (bicyclic) bond motifs is 1. The highest BCUT2D eigenvalue weighted by Gasteiger charge is 2.13. The number of nitrogens with zero attached hydrogens (tertiary/aromatic N) is 2. The summed E-state index contributed by atoms with van der Waals surface area (Å²) >= 11 is 14.0. The fourth-order valence-electron chi connectivity index (χ4n) is 2.49. The Morgan fingerprint density at radius 1 is 1.18 bits per heavy atom. The molecule has 9 heteroatoms. The van der Waals surface area contributed by atoms with E-state index >= 15 is 0 Å². The summed E-state index contributed by atoms with van der Waals surface area (Å²) in [5, 5.41) is 6.20. The molecule has 0 saturated carbocycles. The molecular formula is C19H10Br2ClN3O2S. The van der Waals surface area contributed by atoms with E-state index in [0.717, 1.165) is 15.4 Å². The third-order valence-corrected chi connectivity index (χ3v) is 6.00. The lowest BCUT2D eigenvalue weighted by Gasteiger charge is -2.03. The van der Waals surface area contributed by atoms with Crippen molar-refractivity contribution in [3.63, 3.8) is 0 Å². The Balaban J connectivity index is 1.59. The number of anilines is 1. The zero-order valence-electron chi connectivity index (χ0n) is 13.9. The Bertz CT molecular complexity index is 1250. The molecule has 0 saturated heterocycles. The van der Waals surface area contributed by atoms with Crippen molar-refractivity contribution in [2.45, 2.75) is 0 Å². The maximum atomic E-state index is 12.4. The molecule has 5 nitrogen and oxygen atoms in total. The largest absolute Gasteiger partial charge is 0.421 e. The highest BCUT2D eigenvalue weighted by atomic mass is 79.9. The van der Waals surface area contributed by atoms with Gasteiger partial charge in [-0.25, -0.2) is 9.78 Å². The van der Waals surface area contributed by atoms with Crippen LogP contribution in [0.4, 0.5) is 5.13 Å². The van der Waals surface area contributed by atoms with Gasteiger partial charge in [0.1, 0.15) is 0 Å². The van der Waals surface area contributed by atoms with E-state index < -0.39 is 5.63 Å². The minimum atomic E-state index is -0.421. The van der Waals surface area contributed by atoms with Gasteiger partial charge in [0.2, 0.25) is 5.13 Å². The summed E-state index contributed by atoms with van der Waals surface area (Å²) in [7, 11) is 0. The number of thiazole rings is 1. The lowest BCUT2D eigenvalue weighted by Crippen LogP contribution is -2.01. The van der Waals surface area contributed by atoms with Gasteiger partial charge in [0.05, 0.1) is 21.1 Å². The molecule has 0 aliphatic heterocycles. The van der Waals surface area contributed by atoms with Crippen LogP contribution in [0, 0.1) is 0 Å². The molecule has 0 spiro atoms. The Labute approximate surface area is 185 Å². The predicted octanol–water partition coefficient (Wildman–Crippen LogP) is 6.54. The predicted molar refractivity (Wildman–Crippen MR) is 122 cm³/mol. The Morgan fingerprint density at radius 2 is 1.96 bits per heavy atom. The lowest BCUT2D eigenvalue weighted by molar-refractivity contribution is 0.562. The van der Waals surface area contributed by atoms with E-state index in [-0.39, 0.29) is 0 Å². The second-order valence-corrected chi connectivity index (χ2v) is 8.94. The van der Waals surface area contributed by atoms with E-state index in [9.17, 15) is 4.79 Å². The summed E-state index contributed by atoms with van der Waals surface area (Å²) in [6.07, 6.45) is 3.28. The molecule has 0 aliphatic rings. The summed E-state index contributed by atoms with van der Waals surface area (Å²) in [6.45, 7) is 0. The van der Waals surface area contributed by atoms with Crippen molar-refractivity contribution in [1.29, 1.82) is 0 Å². The monoisotopic (exact) mass is 537 g/mol. The van der Waals surface area contributed by atoms with Crippen LogP contribution in [0.15, 0.2) is 71.9 Å². The highest BCUT2D eigenvalue weighted by Crippen LogP contribution is 2.32. The molecule has 140 valence electrons. The van der Waals surface area contributed by atoms with E-state index in [2.05, 4.69) is 47.4 Å². The maximum absolute atomic E-state index is 12.4. The van der Waals surface area contributed by atoms with Gasteiger partial charge in [-0.15, -0.1) is 0 Å². The Hall–Kier alpha value is -2.00. The molecule has 0 radical (unpaired) electrons. The van der Waals surface area contributed by atoms with E-state index in [1.165, 1.54) is 11.3 Å². The standard InChI is InChI=1S/C19H10Br2ClN3O2S/c20-12-5-11-6-14(18(26)27-17(11)15(21)7-12)16-9-23-19(28-16)25-24-8-10-1-3-13(22)4-2-10/h1-9H,(H,23,25). The fourth-order valence-corrected chi connectivity index (χ4v) is 4.73. The van der Waals surface area contributed by atoms with Gasteiger partial charge in [0, 0.05) is 21.1 Å². The van der Waals surface area contributed by atoms with Crippen molar-refractivity contribution in [3.05, 3.63) is 78.6 Å². The molecule has 0 bridgehead atoms. The van der Waals surface area contributed by atoms with Crippen LogP contribution in [0.3, 0.4) is 0 Å². The molecule has 0 unspecified atom stereocenters. The van der Waals surface area contributed by atoms with Crippen molar-refractivity contribution in [3.8, 4) is 10.4 Å². The first-order valence-corrected chi connectivity index (χ1v) is 10.7. The quantitative estimate of drug-likeness (QED) is 0.182. The molecule has 2 aromatic heterocycles. The van der Waals surface area contributed by atoms with Gasteiger partial charge < -0.3 is 4.42 Å². The zero-order valence-corrected chi connectivity index (χ0v) is 18.7. The Morgan fingerprint density at radius 3 is 2.75 bits per heavy atom. The van der Waals surface area contributed by atoms with Crippen LogP contribution in [0.25, 0.3) is 21.4 Å². The summed E-state index contributed by atoms with van der Waals surface area (Å²) in [5.41, 5.74) is 4.31. The molecule has 0 aliphatic carbocycles. The maximum Gasteiger partial charge on any atom is 0.345 e. The summed E-state index contributed by atoms with van der Waals surface area (Å²) < 4.78 is 7.08. The van der Waals surface area contributed by atoms with Crippen molar-refractivity contribution in [2.24, 2.45) is 5.10 Å². The van der Waals surface area contributed by atoms with Gasteiger partial charge in [0.15, 0.2) is 5.58 Å². The molecule has 4 rings (SSSR count). The highest BCUT2D eigenvalue weighted by molar-refractivity contribution is 9.11. The number of aromatic nitrogens is 1. The molecule has 1 N–H and O–H groups in total. The van der Waals surface area contributed by atoms with Gasteiger partial charge in [-0.2, -0.15) is 5.10 Å². The zero-order chi connectivity index (χ0) is 19.7. The van der Waals surface area contributed by atoms with Crippen molar-refractivity contribution in [1.82, 2.24) is 4.98 Å². The average Bonchev–Trinajstić information content (AvgIpc) is 3.12. The van der Waals surface area contributed by atoms with Crippen molar-refractivity contribution >= 4 is 77.1 Å². The van der Waals surface area contributed by atoms with E-state index in [1.54, 1.807) is 30.6 Å². The van der Waals surface area contributed by atoms with E-state index in [1.807, 2.05) is 24.3 Å². The summed E-state index contributed by atoms with van der Waals surface area (Å²) in [5.74, 6) is 0. The van der Waals surface area contributed by atoms with Crippen LogP contribution < -0.4 is 11.1 Å². The van der Waals surface area contributed by atoms with Crippen molar-refractivity contribution < 1.29 is 4.42 Å². The average molecular weight is 540 g/mol. The molecule has 2 aromatic carbocycles. The van der Waals surface area contributed by atoms with E-state index in [0.29, 0.717) is 30.7 Å². The van der Waals surface area contributed by atoms with Crippen molar-refractivity contribution in [2.75, 3.05) is 5.43 Å². The first-order chi connectivity index (χ1) is 13.5. The van der Waals surface area contributed by atoms with Crippen LogP contribution in [0.5, 0.6) is 0 Å². The topological polar surface area (TPSA) is 67.5 Å². The van der Waals surface area contributed by atoms with Crippen LogP contribution in [-0.2, 0) is 0 Å². The molecular weight excluding hydrogens is 530 g/mol. The molecule has 0 atom stereocenters. The smallest absolute Gasteiger partial charge is 0.345 e. The molecule has 28 heavy (non-hydrogen) atoms. The first kappa shape index (κ1) is 19.3. The second kappa shape index (κ2) is 8.16. The number of rotatable bonds is 4. The first-order valence-electron chi connectivity index (χ1n) is 7.93. The number of halogens is 3. The van der Waals surface area contributed by atoms with Crippen LogP contribution in [-0.4, -0.2) is 11.2 Å². The number of hydrazone groups is 1. The third-order valence-electron chi connectivity index (χ3n) is 3.77. The van der Waals surface area contributed by atoms with Crippen LogP contribution >= 0.6 is 54.8 Å². The van der Waals surface area contributed by atoms with Gasteiger partial charge in [-0.3, -0.25) is 5.43 Å².